The Morgan fingerprint density at radius 2 is 2.00 bits per heavy atom. The topological polar surface area (TPSA) is 95.1 Å². The molecule has 0 atom stereocenters. The number of rotatable bonds is 5. The van der Waals surface area contributed by atoms with Gasteiger partial charge in [-0.05, 0) is 24.1 Å². The van der Waals surface area contributed by atoms with Crippen LogP contribution in [0.15, 0.2) is 41.5 Å². The fourth-order valence-corrected chi connectivity index (χ4v) is 1.58. The number of nitrogens with one attached hydrogen (secondary N) is 2. The quantitative estimate of drug-likeness (QED) is 0.756. The molecule has 6 heteroatoms. The smallest absolute Gasteiger partial charge is 0.345 e. The van der Waals surface area contributed by atoms with Crippen molar-refractivity contribution >= 4 is 17.3 Å². The molecular weight excluding hydrogens is 246 g/mol. The van der Waals surface area contributed by atoms with Gasteiger partial charge in [-0.1, -0.05) is 12.1 Å². The fraction of sp³-hybridized carbons (Fsp3) is 0.154. The van der Waals surface area contributed by atoms with Gasteiger partial charge < -0.3 is 15.4 Å². The van der Waals surface area contributed by atoms with Crippen LogP contribution in [0.4, 0.5) is 11.4 Å². The van der Waals surface area contributed by atoms with Crippen LogP contribution < -0.4 is 11.0 Å². The number of benzene rings is 1. The Morgan fingerprint density at radius 1 is 1.26 bits per heavy atom. The third-order valence-electron chi connectivity index (χ3n) is 2.54. The zero-order chi connectivity index (χ0) is 13.7. The van der Waals surface area contributed by atoms with Gasteiger partial charge in [-0.15, -0.1) is 0 Å². The van der Waals surface area contributed by atoms with Gasteiger partial charge in [0.15, 0.2) is 0 Å². The van der Waals surface area contributed by atoms with Gasteiger partial charge in [0.1, 0.15) is 0 Å². The number of aliphatic carboxylic acids is 1. The minimum absolute atomic E-state index is 0.122. The van der Waals surface area contributed by atoms with Crippen LogP contribution in [0.25, 0.3) is 0 Å². The van der Waals surface area contributed by atoms with Crippen LogP contribution in [0.5, 0.6) is 0 Å². The van der Waals surface area contributed by atoms with Crippen molar-refractivity contribution in [3.63, 3.8) is 0 Å². The van der Waals surface area contributed by atoms with Crippen molar-refractivity contribution < 1.29 is 9.90 Å². The molecule has 0 unspecified atom stereocenters. The largest absolute Gasteiger partial charge is 0.481 e. The molecule has 2 rings (SSSR count). The number of aromatic nitrogens is 2. The fourth-order valence-electron chi connectivity index (χ4n) is 1.58. The maximum atomic E-state index is 10.8. The third kappa shape index (κ3) is 3.95. The number of aryl methyl sites for hydroxylation is 1. The zero-order valence-corrected chi connectivity index (χ0v) is 10.1. The van der Waals surface area contributed by atoms with Crippen LogP contribution in [0, 0.1) is 0 Å². The van der Waals surface area contributed by atoms with E-state index in [9.17, 15) is 9.59 Å². The molecule has 0 aliphatic carbocycles. The van der Waals surface area contributed by atoms with E-state index in [1.807, 2.05) is 24.3 Å². The number of aromatic amines is 1. The molecule has 0 radical (unpaired) electrons. The first-order valence-corrected chi connectivity index (χ1v) is 5.76. The summed E-state index contributed by atoms with van der Waals surface area (Å²) in [6.45, 7) is 0. The highest BCUT2D eigenvalue weighted by atomic mass is 16.4. The molecule has 2 aromatic rings. The van der Waals surface area contributed by atoms with Crippen LogP contribution in [0.2, 0.25) is 0 Å². The molecule has 0 saturated heterocycles. The normalized spacial score (nSPS) is 10.1. The average Bonchev–Trinajstić information content (AvgIpc) is 2.40. The van der Waals surface area contributed by atoms with Gasteiger partial charge in [-0.3, -0.25) is 4.79 Å². The second-order valence-corrected chi connectivity index (χ2v) is 4.02. The van der Waals surface area contributed by atoms with E-state index in [-0.39, 0.29) is 6.42 Å². The van der Waals surface area contributed by atoms with E-state index < -0.39 is 11.7 Å². The van der Waals surface area contributed by atoms with Gasteiger partial charge in [-0.25, -0.2) is 4.79 Å². The Hall–Kier alpha value is -2.63. The first-order chi connectivity index (χ1) is 9.13. The molecule has 0 fully saturated rings. The average molecular weight is 259 g/mol. The van der Waals surface area contributed by atoms with E-state index in [1.54, 1.807) is 0 Å². The Balaban J connectivity index is 2.00. The Bertz CT molecular complexity index is 599. The molecule has 0 spiro atoms. The maximum Gasteiger partial charge on any atom is 0.345 e. The molecule has 0 bridgehead atoms. The summed E-state index contributed by atoms with van der Waals surface area (Å²) in [5.74, 6) is -0.804. The number of nitrogens with zero attached hydrogens (tertiary/aromatic N) is 1. The molecule has 0 amide bonds. The molecule has 98 valence electrons. The second-order valence-electron chi connectivity index (χ2n) is 4.02. The molecule has 0 saturated carbocycles. The van der Waals surface area contributed by atoms with Crippen LogP contribution in [-0.2, 0) is 11.2 Å². The van der Waals surface area contributed by atoms with Gasteiger partial charge in [0.05, 0.1) is 11.9 Å². The van der Waals surface area contributed by atoms with Crippen molar-refractivity contribution in [2.24, 2.45) is 0 Å². The van der Waals surface area contributed by atoms with Gasteiger partial charge in [0.25, 0.3) is 0 Å². The van der Waals surface area contributed by atoms with Crippen molar-refractivity contribution in [3.8, 4) is 0 Å². The number of hydrogen-bond donors (Lipinski definition) is 3. The Morgan fingerprint density at radius 3 is 2.58 bits per heavy atom. The number of anilines is 2. The summed E-state index contributed by atoms with van der Waals surface area (Å²) in [5.41, 5.74) is 2.09. The Kier molecular flexibility index (Phi) is 3.92. The standard InChI is InChI=1S/C13H13N3O3/c17-12(18)6-3-9-1-4-10(5-2-9)16-11-7-14-13(19)15-8-11/h1-2,4-5,7-8,16H,3,6H2,(H,17,18)(H,14,15,19). The number of carboxylic acid groups (broad SMARTS) is 1. The summed E-state index contributed by atoms with van der Waals surface area (Å²) in [4.78, 5) is 27.3. The third-order valence-corrected chi connectivity index (χ3v) is 2.54. The van der Waals surface area contributed by atoms with Crippen molar-refractivity contribution in [1.82, 2.24) is 9.97 Å². The van der Waals surface area contributed by atoms with Crippen molar-refractivity contribution in [1.29, 1.82) is 0 Å². The summed E-state index contributed by atoms with van der Waals surface area (Å²) in [7, 11) is 0. The molecule has 3 N–H and O–H groups in total. The molecule has 6 nitrogen and oxygen atoms in total. The molecule has 1 heterocycles. The van der Waals surface area contributed by atoms with E-state index in [4.69, 9.17) is 5.11 Å². The molecule has 1 aromatic carbocycles. The molecule has 19 heavy (non-hydrogen) atoms. The number of carboxylic acids is 1. The van der Waals surface area contributed by atoms with Crippen LogP contribution in [0.1, 0.15) is 12.0 Å². The lowest BCUT2D eigenvalue weighted by Gasteiger charge is -2.06. The predicted octanol–water partition coefficient (Wildman–Crippen LogP) is 1.53. The second kappa shape index (κ2) is 5.81. The maximum absolute atomic E-state index is 10.8. The van der Waals surface area contributed by atoms with Crippen LogP contribution in [0.3, 0.4) is 0 Å². The molecular formula is C13H13N3O3. The van der Waals surface area contributed by atoms with E-state index >= 15 is 0 Å². The van der Waals surface area contributed by atoms with Crippen molar-refractivity contribution in [3.05, 3.63) is 52.7 Å². The minimum atomic E-state index is -0.804. The van der Waals surface area contributed by atoms with Crippen molar-refractivity contribution in [2.45, 2.75) is 12.8 Å². The monoisotopic (exact) mass is 259 g/mol. The Labute approximate surface area is 109 Å². The first-order valence-electron chi connectivity index (χ1n) is 5.76. The first kappa shape index (κ1) is 12.8. The number of carbonyl (C=O) groups is 1. The summed E-state index contributed by atoms with van der Waals surface area (Å²) < 4.78 is 0. The predicted molar refractivity (Wildman–Crippen MR) is 70.5 cm³/mol. The van der Waals surface area contributed by atoms with Gasteiger partial charge in [-0.2, -0.15) is 4.98 Å². The number of H-pyrrole nitrogens is 1. The SMILES string of the molecule is O=C(O)CCc1ccc(Nc2cnc(=O)[nH]c2)cc1. The lowest BCUT2D eigenvalue weighted by Crippen LogP contribution is -2.08. The summed E-state index contributed by atoms with van der Waals surface area (Å²) in [6.07, 6.45) is 3.61. The highest BCUT2D eigenvalue weighted by Gasteiger charge is 2.00. The lowest BCUT2D eigenvalue weighted by atomic mass is 10.1. The molecule has 0 aliphatic heterocycles. The van der Waals surface area contributed by atoms with Crippen LogP contribution in [-0.4, -0.2) is 21.0 Å². The van der Waals surface area contributed by atoms with Gasteiger partial charge >= 0.3 is 11.7 Å². The number of hydrogen-bond acceptors (Lipinski definition) is 4. The lowest BCUT2D eigenvalue weighted by molar-refractivity contribution is -0.136. The van der Waals surface area contributed by atoms with E-state index in [1.165, 1.54) is 12.4 Å². The van der Waals surface area contributed by atoms with Crippen molar-refractivity contribution in [2.75, 3.05) is 5.32 Å². The van der Waals surface area contributed by atoms with E-state index in [0.29, 0.717) is 12.1 Å². The highest BCUT2D eigenvalue weighted by Crippen LogP contribution is 2.15. The van der Waals surface area contributed by atoms with Gasteiger partial charge in [0.2, 0.25) is 0 Å². The summed E-state index contributed by atoms with van der Waals surface area (Å²) in [6, 6.07) is 7.43. The van der Waals surface area contributed by atoms with Gasteiger partial charge in [0, 0.05) is 18.3 Å². The van der Waals surface area contributed by atoms with E-state index in [0.717, 1.165) is 11.3 Å². The van der Waals surface area contributed by atoms with E-state index in [2.05, 4.69) is 15.3 Å². The minimum Gasteiger partial charge on any atom is -0.481 e. The molecule has 1 aromatic heterocycles. The summed E-state index contributed by atoms with van der Waals surface area (Å²) in [5, 5.41) is 11.7. The highest BCUT2D eigenvalue weighted by molar-refractivity contribution is 5.67. The van der Waals surface area contributed by atoms with Crippen LogP contribution >= 0.6 is 0 Å². The zero-order valence-electron chi connectivity index (χ0n) is 10.1. The summed E-state index contributed by atoms with van der Waals surface area (Å²) >= 11 is 0. The molecule has 0 aliphatic rings.